The van der Waals surface area contributed by atoms with Gasteiger partial charge in [0.05, 0.1) is 0 Å². The molecule has 0 fully saturated rings. The van der Waals surface area contributed by atoms with E-state index < -0.39 is 0 Å². The Kier molecular flexibility index (Phi) is 38.7. The summed E-state index contributed by atoms with van der Waals surface area (Å²) in [6.07, 6.45) is 2.96. The van der Waals surface area contributed by atoms with E-state index in [0.717, 1.165) is 6.42 Å². The van der Waals surface area contributed by atoms with E-state index in [0.29, 0.717) is 0 Å². The molecule has 0 aliphatic rings. The molecule has 0 saturated heterocycles. The SMILES string of the molecule is C=C.C=C(C)C.C=CCC. The average Bonchev–Trinajstić information content (AvgIpc) is 1.91. The number of hydrogen-bond acceptors (Lipinski definition) is 0. The highest BCUT2D eigenvalue weighted by Gasteiger charge is 1.51. The molecule has 0 aromatic heterocycles. The van der Waals surface area contributed by atoms with Crippen LogP contribution in [0.25, 0.3) is 0 Å². The molecule has 0 aromatic carbocycles. The molecule has 0 radical (unpaired) electrons. The maximum atomic E-state index is 3.56. The minimum atomic E-state index is 1.08. The fraction of sp³-hybridized carbons (Fsp3) is 0.400. The van der Waals surface area contributed by atoms with Gasteiger partial charge in [-0.05, 0) is 20.3 Å². The topological polar surface area (TPSA) is 0 Å². The molecule has 0 bridgehead atoms. The number of rotatable bonds is 1. The normalized spacial score (nSPS) is 5.50. The van der Waals surface area contributed by atoms with Crippen LogP contribution in [0.1, 0.15) is 27.2 Å². The molecule has 0 saturated carbocycles. The maximum absolute atomic E-state index is 3.56. The van der Waals surface area contributed by atoms with Crippen LogP contribution in [0.2, 0.25) is 0 Å². The van der Waals surface area contributed by atoms with Crippen LogP contribution >= 0.6 is 0 Å². The fourth-order valence-electron chi connectivity index (χ4n) is 0. The fourth-order valence-corrected chi connectivity index (χ4v) is 0. The quantitative estimate of drug-likeness (QED) is 0.483. The Morgan fingerprint density at radius 2 is 1.40 bits per heavy atom. The Morgan fingerprint density at radius 1 is 1.30 bits per heavy atom. The Morgan fingerprint density at radius 3 is 1.40 bits per heavy atom. The van der Waals surface area contributed by atoms with Gasteiger partial charge in [0.2, 0.25) is 0 Å². The molecule has 0 unspecified atom stereocenters. The van der Waals surface area contributed by atoms with Crippen LogP contribution in [0.3, 0.4) is 0 Å². The van der Waals surface area contributed by atoms with E-state index in [4.69, 9.17) is 0 Å². The van der Waals surface area contributed by atoms with Gasteiger partial charge >= 0.3 is 0 Å². The summed E-state index contributed by atoms with van der Waals surface area (Å²) in [6, 6.07) is 0. The van der Waals surface area contributed by atoms with Gasteiger partial charge < -0.3 is 0 Å². The van der Waals surface area contributed by atoms with Crippen LogP contribution in [-0.2, 0) is 0 Å². The molecule has 0 spiro atoms. The summed E-state index contributed by atoms with van der Waals surface area (Å²) in [7, 11) is 0. The summed E-state index contributed by atoms with van der Waals surface area (Å²) in [5, 5.41) is 0. The van der Waals surface area contributed by atoms with Crippen molar-refractivity contribution in [3.63, 3.8) is 0 Å². The summed E-state index contributed by atoms with van der Waals surface area (Å²) in [6.45, 7) is 19.0. The Balaban J connectivity index is -0.0000000787. The summed E-state index contributed by atoms with van der Waals surface area (Å²) in [5.74, 6) is 0. The highest BCUT2D eigenvalue weighted by molar-refractivity contribution is 4.78. The first kappa shape index (κ1) is 16.1. The molecule has 0 rings (SSSR count). The van der Waals surface area contributed by atoms with Gasteiger partial charge in [-0.15, -0.1) is 26.3 Å². The van der Waals surface area contributed by atoms with Crippen molar-refractivity contribution in [2.75, 3.05) is 0 Å². The average molecular weight is 140 g/mol. The van der Waals surface area contributed by atoms with Crippen molar-refractivity contribution in [3.8, 4) is 0 Å². The van der Waals surface area contributed by atoms with Gasteiger partial charge in [0.1, 0.15) is 0 Å². The summed E-state index contributed by atoms with van der Waals surface area (Å²) in [4.78, 5) is 0. The largest absolute Gasteiger partial charge is 0.106 e. The Bertz CT molecular complexity index is 66.1. The van der Waals surface area contributed by atoms with Crippen LogP contribution in [0, 0.1) is 0 Å². The van der Waals surface area contributed by atoms with Gasteiger partial charge in [-0.25, -0.2) is 0 Å². The van der Waals surface area contributed by atoms with Gasteiger partial charge in [0.25, 0.3) is 0 Å². The molecule has 10 heavy (non-hydrogen) atoms. The van der Waals surface area contributed by atoms with Gasteiger partial charge in [-0.1, -0.05) is 18.6 Å². The first-order valence-corrected chi connectivity index (χ1v) is 3.38. The summed E-state index contributed by atoms with van der Waals surface area (Å²) in [5.41, 5.74) is 1.17. The van der Waals surface area contributed by atoms with Crippen molar-refractivity contribution in [1.29, 1.82) is 0 Å². The van der Waals surface area contributed by atoms with Crippen molar-refractivity contribution in [2.45, 2.75) is 27.2 Å². The van der Waals surface area contributed by atoms with Crippen LogP contribution in [0.4, 0.5) is 0 Å². The van der Waals surface area contributed by atoms with Crippen molar-refractivity contribution in [1.82, 2.24) is 0 Å². The second kappa shape index (κ2) is 24.1. The van der Waals surface area contributed by atoms with E-state index in [-0.39, 0.29) is 0 Å². The molecular formula is C10H20. The molecule has 0 aliphatic heterocycles. The predicted molar refractivity (Wildman–Crippen MR) is 52.2 cm³/mol. The molecule has 0 nitrogen and oxygen atoms in total. The monoisotopic (exact) mass is 140 g/mol. The van der Waals surface area contributed by atoms with Crippen molar-refractivity contribution >= 4 is 0 Å². The lowest BCUT2D eigenvalue weighted by Gasteiger charge is -1.65. The number of allylic oxidation sites excluding steroid dienone is 2. The lowest BCUT2D eigenvalue weighted by atomic mass is 10.4. The molecular weight excluding hydrogens is 120 g/mol. The predicted octanol–water partition coefficient (Wildman–Crippen LogP) is 3.97. The van der Waals surface area contributed by atoms with Crippen molar-refractivity contribution in [2.24, 2.45) is 0 Å². The van der Waals surface area contributed by atoms with Crippen LogP contribution in [0.5, 0.6) is 0 Å². The third-order valence-electron chi connectivity index (χ3n) is 0.289. The van der Waals surface area contributed by atoms with E-state index in [2.05, 4.69) is 33.2 Å². The standard InChI is InChI=1S/2C4H8.C2H4/c1-4(2)3;1-3-4-2;1-2/h1H2,2-3H3;3H,1,4H2,2H3;1-2H2. The van der Waals surface area contributed by atoms with Gasteiger partial charge in [-0.2, -0.15) is 0 Å². The molecule has 0 atom stereocenters. The summed E-state index contributed by atoms with van der Waals surface area (Å²) < 4.78 is 0. The van der Waals surface area contributed by atoms with Crippen LogP contribution < -0.4 is 0 Å². The second-order valence-corrected chi connectivity index (χ2v) is 1.90. The zero-order chi connectivity index (χ0) is 8.99. The van der Waals surface area contributed by atoms with E-state index in [1.54, 1.807) is 0 Å². The first-order chi connectivity index (χ1) is 4.65. The third kappa shape index (κ3) is 5770. The van der Waals surface area contributed by atoms with Crippen LogP contribution in [0.15, 0.2) is 38.0 Å². The Hall–Kier alpha value is -0.780. The highest BCUT2D eigenvalue weighted by Crippen LogP contribution is 1.73. The van der Waals surface area contributed by atoms with Crippen molar-refractivity contribution in [3.05, 3.63) is 38.0 Å². The lowest BCUT2D eigenvalue weighted by Crippen LogP contribution is -1.43. The smallest absolute Gasteiger partial charge is 0.0382 e. The van der Waals surface area contributed by atoms with E-state index >= 15 is 0 Å². The molecule has 0 heteroatoms. The zero-order valence-corrected chi connectivity index (χ0v) is 7.61. The van der Waals surface area contributed by atoms with Gasteiger partial charge in [0, 0.05) is 0 Å². The van der Waals surface area contributed by atoms with E-state index in [1.165, 1.54) is 5.57 Å². The van der Waals surface area contributed by atoms with E-state index in [1.807, 2.05) is 19.9 Å². The van der Waals surface area contributed by atoms with Gasteiger partial charge in [-0.3, -0.25) is 0 Å². The zero-order valence-electron chi connectivity index (χ0n) is 7.61. The van der Waals surface area contributed by atoms with Crippen molar-refractivity contribution < 1.29 is 0 Å². The highest BCUT2D eigenvalue weighted by atomic mass is 13.6. The first-order valence-electron chi connectivity index (χ1n) is 3.38. The molecule has 60 valence electrons. The lowest BCUT2D eigenvalue weighted by molar-refractivity contribution is 1.23. The third-order valence-corrected chi connectivity index (χ3v) is 0.289. The summed E-state index contributed by atoms with van der Waals surface area (Å²) >= 11 is 0. The minimum Gasteiger partial charge on any atom is -0.106 e. The molecule has 0 amide bonds. The molecule has 0 heterocycles. The molecule has 0 aliphatic carbocycles. The maximum Gasteiger partial charge on any atom is -0.0382 e. The number of hydrogen-bond donors (Lipinski definition) is 0. The minimum absolute atomic E-state index is 1.08. The molecule has 0 aromatic rings. The van der Waals surface area contributed by atoms with E-state index in [9.17, 15) is 0 Å². The van der Waals surface area contributed by atoms with Gasteiger partial charge in [0.15, 0.2) is 0 Å². The Labute approximate surface area is 66.0 Å². The second-order valence-electron chi connectivity index (χ2n) is 1.90. The van der Waals surface area contributed by atoms with Crippen LogP contribution in [-0.4, -0.2) is 0 Å². The molecule has 0 N–H and O–H groups in total.